The summed E-state index contributed by atoms with van der Waals surface area (Å²) in [6.07, 6.45) is 10.3. The van der Waals surface area contributed by atoms with Crippen molar-refractivity contribution in [2.45, 2.75) is 58.3 Å². The fraction of sp³-hybridized carbons (Fsp3) is 1.00. The highest BCUT2D eigenvalue weighted by Crippen LogP contribution is 2.12. The third-order valence-electron chi connectivity index (χ3n) is 4.21. The summed E-state index contributed by atoms with van der Waals surface area (Å²) in [6.45, 7) is 5.47. The van der Waals surface area contributed by atoms with Crippen LogP contribution < -0.4 is 12.4 Å². The van der Waals surface area contributed by atoms with E-state index in [-0.39, 0.29) is 32.2 Å². The van der Waals surface area contributed by atoms with Crippen molar-refractivity contribution in [3.05, 3.63) is 0 Å². The molecule has 0 fully saturated rings. The van der Waals surface area contributed by atoms with Crippen LogP contribution in [-0.2, 0) is 0 Å². The maximum absolute atomic E-state index is 9.20. The summed E-state index contributed by atoms with van der Waals surface area (Å²) in [7, 11) is 0. The van der Waals surface area contributed by atoms with E-state index >= 15 is 0 Å². The second-order valence-corrected chi connectivity index (χ2v) is 5.88. The molecule has 21 heavy (non-hydrogen) atoms. The zero-order chi connectivity index (χ0) is 15.1. The highest BCUT2D eigenvalue weighted by molar-refractivity contribution is 4.49. The lowest BCUT2D eigenvalue weighted by atomic mass is 10.1. The first-order chi connectivity index (χ1) is 9.74. The van der Waals surface area contributed by atoms with Gasteiger partial charge in [-0.05, 0) is 12.8 Å². The van der Waals surface area contributed by atoms with Crippen molar-refractivity contribution in [1.29, 1.82) is 0 Å². The molecule has 0 spiro atoms. The van der Waals surface area contributed by atoms with E-state index in [4.69, 9.17) is 0 Å². The summed E-state index contributed by atoms with van der Waals surface area (Å²) >= 11 is 0. The summed E-state index contributed by atoms with van der Waals surface area (Å²) in [5, 5.41) is 27.6. The smallest absolute Gasteiger partial charge is 0.102 e. The van der Waals surface area contributed by atoms with Crippen LogP contribution in [0.4, 0.5) is 0 Å². The van der Waals surface area contributed by atoms with Gasteiger partial charge in [0.2, 0.25) is 0 Å². The van der Waals surface area contributed by atoms with E-state index in [0.29, 0.717) is 24.1 Å². The topological polar surface area (TPSA) is 60.7 Å². The molecule has 0 aromatic rings. The van der Waals surface area contributed by atoms with E-state index in [1.165, 1.54) is 44.9 Å². The molecule has 0 saturated heterocycles. The Bertz CT molecular complexity index is 189. The number of nitrogens with zero attached hydrogens (tertiary/aromatic N) is 1. The lowest BCUT2D eigenvalue weighted by Gasteiger charge is -2.37. The molecule has 3 N–H and O–H groups in total. The number of quaternary nitrogens is 1. The van der Waals surface area contributed by atoms with Crippen LogP contribution in [0.5, 0.6) is 0 Å². The van der Waals surface area contributed by atoms with Crippen molar-refractivity contribution in [2.24, 2.45) is 0 Å². The zero-order valence-corrected chi connectivity index (χ0v) is 14.5. The minimum absolute atomic E-state index is 0. The Morgan fingerprint density at radius 3 is 1.33 bits per heavy atom. The second-order valence-electron chi connectivity index (χ2n) is 5.88. The molecule has 130 valence electrons. The number of halogens is 1. The molecule has 0 aromatic carbocycles. The predicted octanol–water partition coefficient (Wildman–Crippen LogP) is -1.08. The molecule has 0 aliphatic carbocycles. The van der Waals surface area contributed by atoms with E-state index in [2.05, 4.69) is 6.92 Å². The molecular weight excluding hydrogens is 290 g/mol. The SMILES string of the molecule is CCCCCCCCCC[N+](CCO)(CCO)CCO.[Cl-]. The maximum atomic E-state index is 9.20. The van der Waals surface area contributed by atoms with Crippen LogP contribution in [0.1, 0.15) is 58.3 Å². The first-order valence-electron chi connectivity index (χ1n) is 8.42. The van der Waals surface area contributed by atoms with E-state index in [1.807, 2.05) is 0 Å². The van der Waals surface area contributed by atoms with Crippen molar-refractivity contribution < 1.29 is 32.2 Å². The molecule has 0 aromatic heterocycles. The molecule has 0 unspecified atom stereocenters. The van der Waals surface area contributed by atoms with Gasteiger partial charge in [-0.3, -0.25) is 0 Å². The third kappa shape index (κ3) is 12.4. The van der Waals surface area contributed by atoms with Gasteiger partial charge in [0, 0.05) is 0 Å². The molecule has 0 rings (SSSR count). The molecule has 0 amide bonds. The number of aliphatic hydroxyl groups is 3. The number of hydrogen-bond donors (Lipinski definition) is 3. The van der Waals surface area contributed by atoms with Gasteiger partial charge < -0.3 is 32.2 Å². The normalized spacial score (nSPS) is 11.4. The highest BCUT2D eigenvalue weighted by atomic mass is 35.5. The third-order valence-corrected chi connectivity index (χ3v) is 4.21. The van der Waals surface area contributed by atoms with Gasteiger partial charge in [-0.1, -0.05) is 45.4 Å². The number of aliphatic hydroxyl groups excluding tert-OH is 3. The van der Waals surface area contributed by atoms with Crippen molar-refractivity contribution >= 4 is 0 Å². The Balaban J connectivity index is 0. The first kappa shape index (κ1) is 23.4. The number of hydrogen-bond acceptors (Lipinski definition) is 3. The minimum atomic E-state index is 0. The maximum Gasteiger partial charge on any atom is 0.102 e. The lowest BCUT2D eigenvalue weighted by Crippen LogP contribution is -3.00. The van der Waals surface area contributed by atoms with Gasteiger partial charge in [0.05, 0.1) is 26.4 Å². The Kier molecular flexibility index (Phi) is 18.4. The van der Waals surface area contributed by atoms with Crippen molar-refractivity contribution in [2.75, 3.05) is 46.0 Å². The van der Waals surface area contributed by atoms with Gasteiger partial charge in [0.15, 0.2) is 0 Å². The van der Waals surface area contributed by atoms with E-state index < -0.39 is 0 Å². The summed E-state index contributed by atoms with van der Waals surface area (Å²) in [5.74, 6) is 0. The van der Waals surface area contributed by atoms with Crippen LogP contribution in [0.3, 0.4) is 0 Å². The lowest BCUT2D eigenvalue weighted by molar-refractivity contribution is -0.929. The molecule has 4 nitrogen and oxygen atoms in total. The average molecular weight is 326 g/mol. The van der Waals surface area contributed by atoms with Crippen LogP contribution in [0.15, 0.2) is 0 Å². The Hall–Kier alpha value is 0.130. The largest absolute Gasteiger partial charge is 1.00 e. The monoisotopic (exact) mass is 325 g/mol. The summed E-state index contributed by atoms with van der Waals surface area (Å²) in [6, 6.07) is 0. The Morgan fingerprint density at radius 2 is 0.952 bits per heavy atom. The van der Waals surface area contributed by atoms with E-state index in [1.54, 1.807) is 0 Å². The Labute approximate surface area is 137 Å². The van der Waals surface area contributed by atoms with E-state index in [9.17, 15) is 15.3 Å². The number of unbranched alkanes of at least 4 members (excludes halogenated alkanes) is 7. The van der Waals surface area contributed by atoms with Crippen LogP contribution in [0.25, 0.3) is 0 Å². The molecular formula is C16H36ClNO3. The molecule has 0 heterocycles. The minimum Gasteiger partial charge on any atom is -1.00 e. The van der Waals surface area contributed by atoms with Gasteiger partial charge in [-0.2, -0.15) is 0 Å². The van der Waals surface area contributed by atoms with E-state index in [0.717, 1.165) is 13.0 Å². The van der Waals surface area contributed by atoms with Crippen molar-refractivity contribution in [1.82, 2.24) is 0 Å². The molecule has 0 atom stereocenters. The summed E-state index contributed by atoms with van der Waals surface area (Å²) in [5.41, 5.74) is 0. The molecule has 0 aliphatic rings. The zero-order valence-electron chi connectivity index (χ0n) is 13.8. The molecule has 5 heteroatoms. The quantitative estimate of drug-likeness (QED) is 0.265. The van der Waals surface area contributed by atoms with Crippen molar-refractivity contribution in [3.63, 3.8) is 0 Å². The van der Waals surface area contributed by atoms with Gasteiger partial charge in [-0.25, -0.2) is 0 Å². The standard InChI is InChI=1S/C16H36NO3.ClH/c1-2-3-4-5-6-7-8-9-10-17(11-14-18,12-15-19)13-16-20;/h18-20H,2-16H2,1H3;1H/q+1;/p-1. The summed E-state index contributed by atoms with van der Waals surface area (Å²) < 4.78 is 0.652. The van der Waals surface area contributed by atoms with Crippen LogP contribution >= 0.6 is 0 Å². The fourth-order valence-corrected chi connectivity index (χ4v) is 2.89. The van der Waals surface area contributed by atoms with Crippen LogP contribution in [0, 0.1) is 0 Å². The Morgan fingerprint density at radius 1 is 0.571 bits per heavy atom. The van der Waals surface area contributed by atoms with Gasteiger partial charge in [0.25, 0.3) is 0 Å². The molecule has 0 bridgehead atoms. The first-order valence-corrected chi connectivity index (χ1v) is 8.42. The van der Waals surface area contributed by atoms with Gasteiger partial charge in [-0.15, -0.1) is 0 Å². The van der Waals surface area contributed by atoms with Gasteiger partial charge in [0.1, 0.15) is 19.6 Å². The average Bonchev–Trinajstić information content (AvgIpc) is 2.43. The molecule has 0 aliphatic heterocycles. The van der Waals surface area contributed by atoms with Crippen molar-refractivity contribution in [3.8, 4) is 0 Å². The van der Waals surface area contributed by atoms with Crippen LogP contribution in [-0.4, -0.2) is 65.8 Å². The van der Waals surface area contributed by atoms with Gasteiger partial charge >= 0.3 is 0 Å². The molecule has 0 radical (unpaired) electrons. The predicted molar refractivity (Wildman–Crippen MR) is 83.6 cm³/mol. The highest BCUT2D eigenvalue weighted by Gasteiger charge is 2.25. The number of rotatable bonds is 15. The molecule has 0 saturated carbocycles. The van der Waals surface area contributed by atoms with Crippen LogP contribution in [0.2, 0.25) is 0 Å². The second kappa shape index (κ2) is 16.5. The summed E-state index contributed by atoms with van der Waals surface area (Å²) in [4.78, 5) is 0. The fourth-order valence-electron chi connectivity index (χ4n) is 2.89.